The Morgan fingerprint density at radius 2 is 2.35 bits per heavy atom. The molecule has 0 radical (unpaired) electrons. The Hall–Kier alpha value is -2.04. The molecule has 0 amide bonds. The molecule has 17 heavy (non-hydrogen) atoms. The van der Waals surface area contributed by atoms with Gasteiger partial charge < -0.3 is 10.1 Å². The van der Waals surface area contributed by atoms with Crippen LogP contribution in [0.15, 0.2) is 18.5 Å². The minimum atomic E-state index is -0.784. The van der Waals surface area contributed by atoms with Gasteiger partial charge in [-0.05, 0) is 18.6 Å². The summed E-state index contributed by atoms with van der Waals surface area (Å²) >= 11 is 0. The Balaban J connectivity index is 2.32. The summed E-state index contributed by atoms with van der Waals surface area (Å²) in [6.07, 6.45) is 4.37. The lowest BCUT2D eigenvalue weighted by molar-refractivity contribution is -0.136. The molecular formula is C12H15N3O2. The first-order valence-corrected chi connectivity index (χ1v) is 5.47. The molecule has 2 heterocycles. The van der Waals surface area contributed by atoms with Crippen molar-refractivity contribution < 1.29 is 9.90 Å². The first kappa shape index (κ1) is 11.4. The molecule has 90 valence electrons. The molecule has 5 nitrogen and oxygen atoms in total. The predicted octanol–water partition coefficient (Wildman–Crippen LogP) is 1.74. The average molecular weight is 233 g/mol. The molecule has 0 unspecified atom stereocenters. The second kappa shape index (κ2) is 4.45. The number of aliphatic carboxylic acids is 1. The van der Waals surface area contributed by atoms with Crippen LogP contribution in [0.1, 0.15) is 17.7 Å². The molecule has 2 aromatic rings. The zero-order valence-corrected chi connectivity index (χ0v) is 9.90. The van der Waals surface area contributed by atoms with Crippen molar-refractivity contribution in [2.75, 3.05) is 0 Å². The van der Waals surface area contributed by atoms with Crippen LogP contribution in [0.4, 0.5) is 0 Å². The normalized spacial score (nSPS) is 10.7. The summed E-state index contributed by atoms with van der Waals surface area (Å²) in [5, 5.41) is 13.1. The van der Waals surface area contributed by atoms with Crippen molar-refractivity contribution in [1.82, 2.24) is 14.8 Å². The van der Waals surface area contributed by atoms with E-state index in [9.17, 15) is 4.79 Å². The smallest absolute Gasteiger partial charge is 0.303 e. The number of H-pyrrole nitrogens is 1. The van der Waals surface area contributed by atoms with Gasteiger partial charge in [-0.25, -0.2) is 0 Å². The second-order valence-corrected chi connectivity index (χ2v) is 4.04. The SMILES string of the molecule is Cc1c(-c2cc[nH]c2)nn(C)c1CCC(=O)O. The van der Waals surface area contributed by atoms with E-state index in [-0.39, 0.29) is 6.42 Å². The van der Waals surface area contributed by atoms with Crippen LogP contribution in [0.5, 0.6) is 0 Å². The summed E-state index contributed by atoms with van der Waals surface area (Å²) in [6.45, 7) is 1.98. The van der Waals surface area contributed by atoms with Gasteiger partial charge in [0.2, 0.25) is 0 Å². The van der Waals surface area contributed by atoms with Crippen molar-refractivity contribution >= 4 is 5.97 Å². The van der Waals surface area contributed by atoms with E-state index in [0.717, 1.165) is 22.5 Å². The lowest BCUT2D eigenvalue weighted by atomic mass is 10.1. The molecule has 0 aromatic carbocycles. The fourth-order valence-electron chi connectivity index (χ4n) is 1.98. The lowest BCUT2D eigenvalue weighted by Gasteiger charge is -2.00. The van der Waals surface area contributed by atoms with E-state index in [0.29, 0.717) is 6.42 Å². The third-order valence-electron chi connectivity index (χ3n) is 2.88. The lowest BCUT2D eigenvalue weighted by Crippen LogP contribution is -2.03. The summed E-state index contributed by atoms with van der Waals surface area (Å²) in [5.41, 5.74) is 3.96. The molecule has 0 saturated heterocycles. The van der Waals surface area contributed by atoms with Gasteiger partial charge in [0.1, 0.15) is 0 Å². The standard InChI is InChI=1S/C12H15N3O2/c1-8-10(3-4-11(16)17)15(2)14-12(8)9-5-6-13-7-9/h5-7,13H,3-4H2,1-2H3,(H,16,17). The highest BCUT2D eigenvalue weighted by Crippen LogP contribution is 2.24. The summed E-state index contributed by atoms with van der Waals surface area (Å²) in [6, 6.07) is 1.95. The molecule has 0 aliphatic rings. The van der Waals surface area contributed by atoms with Crippen molar-refractivity contribution in [3.05, 3.63) is 29.7 Å². The summed E-state index contributed by atoms with van der Waals surface area (Å²) in [7, 11) is 1.85. The van der Waals surface area contributed by atoms with E-state index in [1.54, 1.807) is 4.68 Å². The quantitative estimate of drug-likeness (QED) is 0.845. The molecule has 0 aliphatic heterocycles. The van der Waals surface area contributed by atoms with Crippen LogP contribution in [0.25, 0.3) is 11.3 Å². The van der Waals surface area contributed by atoms with Crippen LogP contribution in [0.2, 0.25) is 0 Å². The molecule has 0 aliphatic carbocycles. The Morgan fingerprint density at radius 1 is 1.59 bits per heavy atom. The third kappa shape index (κ3) is 2.22. The number of nitrogens with one attached hydrogen (secondary N) is 1. The van der Waals surface area contributed by atoms with E-state index in [4.69, 9.17) is 5.11 Å². The number of hydrogen-bond donors (Lipinski definition) is 2. The van der Waals surface area contributed by atoms with Crippen molar-refractivity contribution in [3.63, 3.8) is 0 Å². The third-order valence-corrected chi connectivity index (χ3v) is 2.88. The maximum Gasteiger partial charge on any atom is 0.303 e. The van der Waals surface area contributed by atoms with Gasteiger partial charge in [-0.15, -0.1) is 0 Å². The van der Waals surface area contributed by atoms with Gasteiger partial charge in [-0.1, -0.05) is 0 Å². The van der Waals surface area contributed by atoms with Gasteiger partial charge in [-0.3, -0.25) is 9.48 Å². The van der Waals surface area contributed by atoms with Crippen molar-refractivity contribution in [2.45, 2.75) is 19.8 Å². The minimum absolute atomic E-state index is 0.132. The zero-order valence-electron chi connectivity index (χ0n) is 9.90. The van der Waals surface area contributed by atoms with Gasteiger partial charge in [0.05, 0.1) is 12.1 Å². The fraction of sp³-hybridized carbons (Fsp3) is 0.333. The Labute approximate surface area is 99.1 Å². The number of carboxylic acids is 1. The summed E-state index contributed by atoms with van der Waals surface area (Å²) in [4.78, 5) is 13.6. The number of hydrogen-bond acceptors (Lipinski definition) is 2. The molecule has 0 atom stereocenters. The summed E-state index contributed by atoms with van der Waals surface area (Å²) < 4.78 is 1.76. The average Bonchev–Trinajstić information content (AvgIpc) is 2.85. The molecule has 2 N–H and O–H groups in total. The minimum Gasteiger partial charge on any atom is -0.481 e. The number of carbonyl (C=O) groups is 1. The number of rotatable bonds is 4. The highest BCUT2D eigenvalue weighted by Gasteiger charge is 2.14. The van der Waals surface area contributed by atoms with Gasteiger partial charge in [0.25, 0.3) is 0 Å². The van der Waals surface area contributed by atoms with Crippen molar-refractivity contribution in [2.24, 2.45) is 7.05 Å². The highest BCUT2D eigenvalue weighted by atomic mass is 16.4. The fourth-order valence-corrected chi connectivity index (χ4v) is 1.98. The van der Waals surface area contributed by atoms with E-state index in [1.807, 2.05) is 32.4 Å². The number of aromatic amines is 1. The molecule has 2 aromatic heterocycles. The summed E-state index contributed by atoms with van der Waals surface area (Å²) in [5.74, 6) is -0.784. The first-order valence-electron chi connectivity index (χ1n) is 5.47. The van der Waals surface area contributed by atoms with E-state index < -0.39 is 5.97 Å². The first-order chi connectivity index (χ1) is 8.09. The molecule has 2 rings (SSSR count). The molecule has 0 bridgehead atoms. The van der Waals surface area contributed by atoms with Gasteiger partial charge in [0.15, 0.2) is 0 Å². The molecular weight excluding hydrogens is 218 g/mol. The molecule has 0 fully saturated rings. The van der Waals surface area contributed by atoms with E-state index in [2.05, 4.69) is 10.1 Å². The Morgan fingerprint density at radius 3 is 2.94 bits per heavy atom. The van der Waals surface area contributed by atoms with Crippen molar-refractivity contribution in [3.8, 4) is 11.3 Å². The maximum absolute atomic E-state index is 10.6. The van der Waals surface area contributed by atoms with Crippen LogP contribution in [-0.2, 0) is 18.3 Å². The van der Waals surface area contributed by atoms with Crippen molar-refractivity contribution in [1.29, 1.82) is 0 Å². The van der Waals surface area contributed by atoms with Crippen LogP contribution in [-0.4, -0.2) is 25.8 Å². The van der Waals surface area contributed by atoms with Gasteiger partial charge >= 0.3 is 5.97 Å². The zero-order chi connectivity index (χ0) is 12.4. The van der Waals surface area contributed by atoms with E-state index >= 15 is 0 Å². The van der Waals surface area contributed by atoms with Crippen LogP contribution >= 0.6 is 0 Å². The Bertz CT molecular complexity index is 526. The Kier molecular flexibility index (Phi) is 2.99. The monoisotopic (exact) mass is 233 g/mol. The molecule has 0 spiro atoms. The molecule has 0 saturated carbocycles. The number of aromatic nitrogens is 3. The maximum atomic E-state index is 10.6. The topological polar surface area (TPSA) is 70.9 Å². The van der Waals surface area contributed by atoms with E-state index in [1.165, 1.54) is 0 Å². The highest BCUT2D eigenvalue weighted by molar-refractivity contribution is 5.68. The second-order valence-electron chi connectivity index (χ2n) is 4.04. The van der Waals surface area contributed by atoms with Gasteiger partial charge in [0, 0.05) is 37.1 Å². The van der Waals surface area contributed by atoms with Crippen LogP contribution in [0, 0.1) is 6.92 Å². The molecule has 5 heteroatoms. The largest absolute Gasteiger partial charge is 0.481 e. The number of aryl methyl sites for hydroxylation is 1. The number of carboxylic acid groups (broad SMARTS) is 1. The van der Waals surface area contributed by atoms with Crippen LogP contribution < -0.4 is 0 Å². The van der Waals surface area contributed by atoms with Gasteiger partial charge in [-0.2, -0.15) is 5.10 Å². The predicted molar refractivity (Wildman–Crippen MR) is 63.7 cm³/mol. The van der Waals surface area contributed by atoms with Crippen LogP contribution in [0.3, 0.4) is 0 Å². The number of nitrogens with zero attached hydrogens (tertiary/aromatic N) is 2.